The summed E-state index contributed by atoms with van der Waals surface area (Å²) in [6.07, 6.45) is -6.06. The third-order valence-electron chi connectivity index (χ3n) is 1.42. The summed E-state index contributed by atoms with van der Waals surface area (Å²) in [5, 5.41) is 74.6. The molecule has 28 heavy (non-hydrogen) atoms. The van der Waals surface area contributed by atoms with Gasteiger partial charge in [0.1, 0.15) is 24.4 Å². The van der Waals surface area contributed by atoms with Crippen LogP contribution in [0.4, 0.5) is 0 Å². The highest BCUT2D eigenvalue weighted by Gasteiger charge is 2.28. The number of carbonyl (C=O) groups is 4. The molecule has 0 aromatic rings. The van der Waals surface area contributed by atoms with Gasteiger partial charge in [-0.1, -0.05) is 12.2 Å². The first-order valence-electron chi connectivity index (χ1n) is 7.04. The molecule has 9 N–H and O–H groups in total. The third-order valence-corrected chi connectivity index (χ3v) is 1.70. The SMILES string of the molecule is CC(=O)O.CC(=O)O.CC(=O)O.CC(=O)O.OC[C@@H](O)[C@@H](O)[C@H](O)[C@@H](O)C=S. The Morgan fingerprint density at radius 1 is 0.714 bits per heavy atom. The predicted molar refractivity (Wildman–Crippen MR) is 98.0 cm³/mol. The van der Waals surface area contributed by atoms with Gasteiger partial charge in [-0.3, -0.25) is 19.2 Å². The molecule has 14 heteroatoms. The minimum absolute atomic E-state index is 0.692. The van der Waals surface area contributed by atoms with Crippen molar-refractivity contribution in [2.45, 2.75) is 52.1 Å². The summed E-state index contributed by atoms with van der Waals surface area (Å²) in [6.45, 7) is 3.64. The standard InChI is InChI=1S/C6H12O5S.4C2H4O2/c7-1-3(8)5(10)6(11)4(9)2-12;4*1-2(3)4/h2-11H,1H2;4*1H3,(H,3,4)/t3-,4+,5-,6-;;;;/m1..../s1. The Bertz CT molecular complexity index is 377. The molecular formula is C14H28O13S. The molecule has 13 nitrogen and oxygen atoms in total. The van der Waals surface area contributed by atoms with Crippen molar-refractivity contribution in [2.75, 3.05) is 6.61 Å². The molecule has 0 aliphatic heterocycles. The molecule has 4 atom stereocenters. The molecule has 0 radical (unpaired) electrons. The highest BCUT2D eigenvalue weighted by molar-refractivity contribution is 7.79. The van der Waals surface area contributed by atoms with Gasteiger partial charge >= 0.3 is 0 Å². The van der Waals surface area contributed by atoms with Crippen LogP contribution in [0.2, 0.25) is 0 Å². The Morgan fingerprint density at radius 2 is 0.929 bits per heavy atom. The number of carboxylic acid groups (broad SMARTS) is 4. The second-order valence-electron chi connectivity index (χ2n) is 4.43. The number of rotatable bonds is 5. The summed E-state index contributed by atoms with van der Waals surface area (Å²) in [5.41, 5.74) is 0. The summed E-state index contributed by atoms with van der Waals surface area (Å²) >= 11 is 4.30. The zero-order valence-corrected chi connectivity index (χ0v) is 16.5. The molecule has 0 aliphatic rings. The van der Waals surface area contributed by atoms with Gasteiger partial charge in [0.2, 0.25) is 0 Å². The molecule has 0 spiro atoms. The molecule has 0 unspecified atom stereocenters. The van der Waals surface area contributed by atoms with Crippen molar-refractivity contribution in [3.63, 3.8) is 0 Å². The van der Waals surface area contributed by atoms with Crippen LogP contribution in [0.5, 0.6) is 0 Å². The van der Waals surface area contributed by atoms with Gasteiger partial charge in [0.05, 0.1) is 6.61 Å². The number of aliphatic carboxylic acids is 4. The van der Waals surface area contributed by atoms with Crippen LogP contribution in [0.3, 0.4) is 0 Å². The van der Waals surface area contributed by atoms with Gasteiger partial charge in [0.15, 0.2) is 0 Å². The first-order chi connectivity index (χ1) is 12.5. The molecule has 0 bridgehead atoms. The third kappa shape index (κ3) is 65.0. The highest BCUT2D eigenvalue weighted by atomic mass is 32.1. The van der Waals surface area contributed by atoms with Gasteiger partial charge < -0.3 is 46.0 Å². The molecular weight excluding hydrogens is 408 g/mol. The molecule has 0 aliphatic carbocycles. The molecule has 0 aromatic carbocycles. The van der Waals surface area contributed by atoms with Gasteiger partial charge in [-0.15, -0.1) is 0 Å². The fraction of sp³-hybridized carbons (Fsp3) is 0.643. The van der Waals surface area contributed by atoms with Crippen molar-refractivity contribution < 1.29 is 65.1 Å². The van der Waals surface area contributed by atoms with E-state index in [1.165, 1.54) is 0 Å². The van der Waals surface area contributed by atoms with E-state index in [-0.39, 0.29) is 0 Å². The van der Waals surface area contributed by atoms with E-state index < -0.39 is 54.9 Å². The van der Waals surface area contributed by atoms with E-state index in [9.17, 15) is 0 Å². The van der Waals surface area contributed by atoms with Crippen LogP contribution in [0.25, 0.3) is 0 Å². The first-order valence-corrected chi connectivity index (χ1v) is 7.51. The summed E-state index contributed by atoms with van der Waals surface area (Å²) in [6, 6.07) is 0. The summed E-state index contributed by atoms with van der Waals surface area (Å²) in [5.74, 6) is -3.33. The maximum Gasteiger partial charge on any atom is 0.300 e. The molecule has 0 saturated carbocycles. The largest absolute Gasteiger partial charge is 0.481 e. The smallest absolute Gasteiger partial charge is 0.300 e. The Balaban J connectivity index is -0.0000000910. The number of carboxylic acids is 4. The van der Waals surface area contributed by atoms with E-state index in [4.69, 9.17) is 65.1 Å². The predicted octanol–water partition coefficient (Wildman–Crippen LogP) is -2.21. The Hall–Kier alpha value is -2.23. The molecule has 0 fully saturated rings. The van der Waals surface area contributed by atoms with Crippen LogP contribution >= 0.6 is 12.2 Å². The lowest BCUT2D eigenvalue weighted by Gasteiger charge is -2.23. The van der Waals surface area contributed by atoms with E-state index in [0.29, 0.717) is 0 Å². The Morgan fingerprint density at radius 3 is 1.07 bits per heavy atom. The zero-order valence-electron chi connectivity index (χ0n) is 15.7. The minimum atomic E-state index is -1.61. The average Bonchev–Trinajstić information content (AvgIpc) is 2.49. The highest BCUT2D eigenvalue weighted by Crippen LogP contribution is 2.03. The second kappa shape index (κ2) is 24.8. The second-order valence-corrected chi connectivity index (χ2v) is 4.71. The molecule has 0 aromatic heterocycles. The van der Waals surface area contributed by atoms with Crippen molar-refractivity contribution >= 4 is 41.5 Å². The maximum absolute atomic E-state index is 9.02. The van der Waals surface area contributed by atoms with Crippen LogP contribution in [-0.2, 0) is 19.2 Å². The van der Waals surface area contributed by atoms with Gasteiger partial charge in [0, 0.05) is 33.1 Å². The number of aliphatic hydroxyl groups excluding tert-OH is 5. The fourth-order valence-electron chi connectivity index (χ4n) is 0.618. The van der Waals surface area contributed by atoms with E-state index in [1.807, 2.05) is 0 Å². The lowest BCUT2D eigenvalue weighted by Crippen LogP contribution is -2.46. The molecule has 0 rings (SSSR count). The van der Waals surface area contributed by atoms with E-state index in [0.717, 1.165) is 33.1 Å². The molecule has 0 heterocycles. The summed E-state index contributed by atoms with van der Waals surface area (Å²) in [4.78, 5) is 36.0. The van der Waals surface area contributed by atoms with Crippen LogP contribution in [0, 0.1) is 0 Å². The monoisotopic (exact) mass is 436 g/mol. The number of hydrogen-bond donors (Lipinski definition) is 9. The van der Waals surface area contributed by atoms with Crippen LogP contribution < -0.4 is 0 Å². The minimum Gasteiger partial charge on any atom is -0.481 e. The van der Waals surface area contributed by atoms with Gasteiger partial charge in [0.25, 0.3) is 23.9 Å². The Labute approximate surface area is 166 Å². The van der Waals surface area contributed by atoms with E-state index in [1.54, 1.807) is 0 Å². The molecule has 0 saturated heterocycles. The van der Waals surface area contributed by atoms with Crippen molar-refractivity contribution in [1.82, 2.24) is 0 Å². The van der Waals surface area contributed by atoms with E-state index in [2.05, 4.69) is 12.2 Å². The number of hydrogen-bond acceptors (Lipinski definition) is 10. The van der Waals surface area contributed by atoms with E-state index >= 15 is 0 Å². The number of thiocarbonyl (C=S) groups is 1. The lowest BCUT2D eigenvalue weighted by molar-refractivity contribution is -0.135. The van der Waals surface area contributed by atoms with Gasteiger partial charge in [-0.25, -0.2) is 0 Å². The van der Waals surface area contributed by atoms with Crippen LogP contribution in [-0.4, -0.2) is 106 Å². The van der Waals surface area contributed by atoms with Crippen molar-refractivity contribution in [3.05, 3.63) is 0 Å². The molecule has 168 valence electrons. The first kappa shape index (κ1) is 36.7. The topological polar surface area (TPSA) is 250 Å². The lowest BCUT2D eigenvalue weighted by atomic mass is 10.0. The van der Waals surface area contributed by atoms with Gasteiger partial charge in [-0.05, 0) is 0 Å². The van der Waals surface area contributed by atoms with Crippen molar-refractivity contribution in [2.24, 2.45) is 0 Å². The number of aliphatic hydroxyl groups is 5. The van der Waals surface area contributed by atoms with Crippen LogP contribution in [0.15, 0.2) is 0 Å². The molecule has 0 amide bonds. The summed E-state index contributed by atoms with van der Waals surface area (Å²) in [7, 11) is 0. The summed E-state index contributed by atoms with van der Waals surface area (Å²) < 4.78 is 0. The fourth-order valence-corrected chi connectivity index (χ4v) is 0.779. The Kier molecular flexibility index (Phi) is 32.4. The maximum atomic E-state index is 9.02. The quantitative estimate of drug-likeness (QED) is 0.207. The van der Waals surface area contributed by atoms with Gasteiger partial charge in [-0.2, -0.15) is 0 Å². The van der Waals surface area contributed by atoms with Crippen LogP contribution in [0.1, 0.15) is 27.7 Å². The zero-order chi connectivity index (χ0) is 24.0. The normalized spacial score (nSPS) is 12.6. The van der Waals surface area contributed by atoms with Crippen molar-refractivity contribution in [1.29, 1.82) is 0 Å². The van der Waals surface area contributed by atoms with Crippen molar-refractivity contribution in [3.8, 4) is 0 Å². The average molecular weight is 436 g/mol.